The first-order chi connectivity index (χ1) is 12.6. The number of amides is 1. The predicted molar refractivity (Wildman–Crippen MR) is 93.8 cm³/mol. The second kappa shape index (κ2) is 8.72. The van der Waals surface area contributed by atoms with Crippen LogP contribution in [0.25, 0.3) is 0 Å². The number of alkyl halides is 3. The van der Waals surface area contributed by atoms with E-state index < -0.39 is 22.1 Å². The van der Waals surface area contributed by atoms with Crippen molar-refractivity contribution < 1.29 is 31.1 Å². The van der Waals surface area contributed by atoms with Crippen molar-refractivity contribution >= 4 is 27.3 Å². The van der Waals surface area contributed by atoms with Gasteiger partial charge in [0.2, 0.25) is 15.9 Å². The van der Waals surface area contributed by atoms with Gasteiger partial charge in [-0.3, -0.25) is 4.79 Å². The Morgan fingerprint density at radius 3 is 2.41 bits per heavy atom. The smallest absolute Gasteiger partial charge is 0.406 e. The van der Waals surface area contributed by atoms with E-state index in [1.165, 1.54) is 11.3 Å². The quantitative estimate of drug-likeness (QED) is 0.685. The molecule has 2 N–H and O–H groups in total. The molecule has 0 spiro atoms. The lowest BCUT2D eigenvalue weighted by atomic mass is 10.3. The van der Waals surface area contributed by atoms with Crippen LogP contribution in [-0.4, -0.2) is 27.2 Å². The standard InChI is InChI=1S/C16H17F3N2O4S2/c1-11-7-9-26-14(11)10-20-15(22)6-8-21-27(23,24)13-4-2-12(3-5-13)25-16(17,18)19/h2-5,7,9,21H,6,8,10H2,1H3,(H,20,22). The van der Waals surface area contributed by atoms with Gasteiger partial charge in [0.05, 0.1) is 11.4 Å². The molecule has 6 nitrogen and oxygen atoms in total. The van der Waals surface area contributed by atoms with Crippen molar-refractivity contribution in [2.75, 3.05) is 6.54 Å². The fourth-order valence-corrected chi connectivity index (χ4v) is 3.93. The maximum Gasteiger partial charge on any atom is 0.573 e. The zero-order chi connectivity index (χ0) is 20.1. The lowest BCUT2D eigenvalue weighted by Crippen LogP contribution is -2.30. The summed E-state index contributed by atoms with van der Waals surface area (Å²) in [6, 6.07) is 5.72. The molecule has 0 aliphatic heterocycles. The predicted octanol–water partition coefficient (Wildman–Crippen LogP) is 2.94. The number of hydrogen-bond acceptors (Lipinski definition) is 5. The van der Waals surface area contributed by atoms with Gasteiger partial charge in [-0.25, -0.2) is 13.1 Å². The van der Waals surface area contributed by atoms with Crippen LogP contribution in [0.1, 0.15) is 16.9 Å². The molecule has 0 unspecified atom stereocenters. The Morgan fingerprint density at radius 1 is 1.19 bits per heavy atom. The highest BCUT2D eigenvalue weighted by molar-refractivity contribution is 7.89. The van der Waals surface area contributed by atoms with Crippen LogP contribution >= 0.6 is 11.3 Å². The van der Waals surface area contributed by atoms with Gasteiger partial charge in [-0.05, 0) is 48.2 Å². The first kappa shape index (κ1) is 21.2. The maximum absolute atomic E-state index is 12.1. The molecule has 0 fully saturated rings. The number of carbonyl (C=O) groups is 1. The molecular weight excluding hydrogens is 405 g/mol. The van der Waals surface area contributed by atoms with E-state index in [4.69, 9.17) is 0 Å². The summed E-state index contributed by atoms with van der Waals surface area (Å²) in [7, 11) is -3.95. The molecule has 0 bridgehead atoms. The topological polar surface area (TPSA) is 84.5 Å². The lowest BCUT2D eigenvalue weighted by Gasteiger charge is -2.10. The number of nitrogens with one attached hydrogen (secondary N) is 2. The average Bonchev–Trinajstić information content (AvgIpc) is 2.97. The second-order valence-corrected chi connectivity index (χ2v) is 8.24. The van der Waals surface area contributed by atoms with E-state index in [1.807, 2.05) is 18.4 Å². The fraction of sp³-hybridized carbons (Fsp3) is 0.312. The third kappa shape index (κ3) is 6.85. The number of rotatable bonds is 8. The monoisotopic (exact) mass is 422 g/mol. The van der Waals surface area contributed by atoms with E-state index in [0.717, 1.165) is 34.7 Å². The van der Waals surface area contributed by atoms with Crippen molar-refractivity contribution in [3.8, 4) is 5.75 Å². The normalized spacial score (nSPS) is 12.0. The molecule has 0 radical (unpaired) electrons. The van der Waals surface area contributed by atoms with Gasteiger partial charge in [-0.15, -0.1) is 24.5 Å². The molecule has 0 aliphatic rings. The summed E-state index contributed by atoms with van der Waals surface area (Å²) in [5.74, 6) is -0.843. The first-order valence-electron chi connectivity index (χ1n) is 7.72. The number of carbonyl (C=O) groups excluding carboxylic acids is 1. The summed E-state index contributed by atoms with van der Waals surface area (Å²) in [4.78, 5) is 12.6. The highest BCUT2D eigenvalue weighted by Crippen LogP contribution is 2.23. The van der Waals surface area contributed by atoms with E-state index in [1.54, 1.807) is 0 Å². The van der Waals surface area contributed by atoms with E-state index in [-0.39, 0.29) is 23.8 Å². The molecule has 2 rings (SSSR count). The summed E-state index contributed by atoms with van der Waals surface area (Å²) < 4.78 is 66.4. The van der Waals surface area contributed by atoms with Crippen LogP contribution in [0, 0.1) is 6.92 Å². The van der Waals surface area contributed by atoms with Crippen LogP contribution in [0.15, 0.2) is 40.6 Å². The maximum atomic E-state index is 12.1. The summed E-state index contributed by atoms with van der Waals surface area (Å²) in [6.07, 6.45) is -4.92. The number of thiophene rings is 1. The number of benzene rings is 1. The van der Waals surface area contributed by atoms with Crippen molar-refractivity contribution in [2.24, 2.45) is 0 Å². The molecule has 0 saturated carbocycles. The van der Waals surface area contributed by atoms with Gasteiger partial charge in [0.25, 0.3) is 0 Å². The highest BCUT2D eigenvalue weighted by Gasteiger charge is 2.31. The summed E-state index contributed by atoms with van der Waals surface area (Å²) in [5, 5.41) is 4.61. The Balaban J connectivity index is 1.82. The van der Waals surface area contributed by atoms with Gasteiger partial charge in [0, 0.05) is 17.8 Å². The van der Waals surface area contributed by atoms with Gasteiger partial charge in [0.1, 0.15) is 5.75 Å². The largest absolute Gasteiger partial charge is 0.573 e. The van der Waals surface area contributed by atoms with Crippen LogP contribution in [0.4, 0.5) is 13.2 Å². The van der Waals surface area contributed by atoms with Crippen LogP contribution in [0.3, 0.4) is 0 Å². The number of ether oxygens (including phenoxy) is 1. The van der Waals surface area contributed by atoms with Gasteiger partial charge in [-0.2, -0.15) is 0 Å². The van der Waals surface area contributed by atoms with Crippen molar-refractivity contribution in [2.45, 2.75) is 31.1 Å². The first-order valence-corrected chi connectivity index (χ1v) is 10.1. The molecule has 1 heterocycles. The third-order valence-corrected chi connectivity index (χ3v) is 5.93. The Bertz CT molecular complexity index is 878. The van der Waals surface area contributed by atoms with E-state index >= 15 is 0 Å². The lowest BCUT2D eigenvalue weighted by molar-refractivity contribution is -0.274. The van der Waals surface area contributed by atoms with E-state index in [2.05, 4.69) is 14.8 Å². The molecule has 0 atom stereocenters. The minimum absolute atomic E-state index is 0.0705. The highest BCUT2D eigenvalue weighted by atomic mass is 32.2. The van der Waals surface area contributed by atoms with Crippen LogP contribution in [-0.2, 0) is 21.4 Å². The Kier molecular flexibility index (Phi) is 6.84. The van der Waals surface area contributed by atoms with Crippen LogP contribution in [0.2, 0.25) is 0 Å². The summed E-state index contributed by atoms with van der Waals surface area (Å²) in [6.45, 7) is 2.16. The minimum Gasteiger partial charge on any atom is -0.406 e. The number of sulfonamides is 1. The molecule has 148 valence electrons. The van der Waals surface area contributed by atoms with Gasteiger partial charge < -0.3 is 10.1 Å². The SMILES string of the molecule is Cc1ccsc1CNC(=O)CCNS(=O)(=O)c1ccc(OC(F)(F)F)cc1. The number of halogens is 3. The Hall–Kier alpha value is -2.11. The third-order valence-electron chi connectivity index (χ3n) is 3.43. The van der Waals surface area contributed by atoms with E-state index in [9.17, 15) is 26.4 Å². The molecule has 0 aliphatic carbocycles. The zero-order valence-electron chi connectivity index (χ0n) is 14.2. The second-order valence-electron chi connectivity index (χ2n) is 5.47. The van der Waals surface area contributed by atoms with Crippen molar-refractivity contribution in [3.63, 3.8) is 0 Å². The van der Waals surface area contributed by atoms with Crippen molar-refractivity contribution in [1.29, 1.82) is 0 Å². The van der Waals surface area contributed by atoms with Gasteiger partial charge >= 0.3 is 6.36 Å². The molecule has 11 heteroatoms. The summed E-state index contributed by atoms with van der Waals surface area (Å²) >= 11 is 1.51. The van der Waals surface area contributed by atoms with E-state index in [0.29, 0.717) is 6.54 Å². The summed E-state index contributed by atoms with van der Waals surface area (Å²) in [5.41, 5.74) is 1.07. The number of aryl methyl sites for hydroxylation is 1. The molecule has 1 amide bonds. The molecule has 27 heavy (non-hydrogen) atoms. The van der Waals surface area contributed by atoms with Crippen LogP contribution < -0.4 is 14.8 Å². The molecule has 0 saturated heterocycles. The van der Waals surface area contributed by atoms with Crippen LogP contribution in [0.5, 0.6) is 5.75 Å². The van der Waals surface area contributed by atoms with Gasteiger partial charge in [0.15, 0.2) is 0 Å². The van der Waals surface area contributed by atoms with Crippen molar-refractivity contribution in [1.82, 2.24) is 10.0 Å². The molecule has 1 aromatic carbocycles. The average molecular weight is 422 g/mol. The van der Waals surface area contributed by atoms with Crippen molar-refractivity contribution in [3.05, 3.63) is 46.2 Å². The Labute approximate surface area is 158 Å². The molecule has 1 aromatic heterocycles. The number of hydrogen-bond donors (Lipinski definition) is 2. The Morgan fingerprint density at radius 2 is 1.85 bits per heavy atom. The molecule has 2 aromatic rings. The minimum atomic E-state index is -4.85. The molecular formula is C16H17F3N2O4S2. The fourth-order valence-electron chi connectivity index (χ4n) is 2.06. The van der Waals surface area contributed by atoms with Gasteiger partial charge in [-0.1, -0.05) is 0 Å². The zero-order valence-corrected chi connectivity index (χ0v) is 15.8.